The fourth-order valence-corrected chi connectivity index (χ4v) is 2.54. The average Bonchev–Trinajstić information content (AvgIpc) is 2.39. The highest BCUT2D eigenvalue weighted by Crippen LogP contribution is 2.33. The highest BCUT2D eigenvalue weighted by atomic mass is 16.4. The highest BCUT2D eigenvalue weighted by Gasteiger charge is 2.42. The number of amides is 2. The summed E-state index contributed by atoms with van der Waals surface area (Å²) in [7, 11) is 0. The lowest BCUT2D eigenvalue weighted by atomic mass is 9.75. The quantitative estimate of drug-likeness (QED) is 0.542. The molecule has 6 nitrogen and oxygen atoms in total. The van der Waals surface area contributed by atoms with Gasteiger partial charge in [-0.3, -0.25) is 0 Å². The van der Waals surface area contributed by atoms with E-state index in [9.17, 15) is 14.7 Å². The molecule has 2 amide bonds. The maximum Gasteiger partial charge on any atom is 0.329 e. The Morgan fingerprint density at radius 2 is 2.00 bits per heavy atom. The van der Waals surface area contributed by atoms with Gasteiger partial charge in [0.05, 0.1) is 0 Å². The molecule has 1 rings (SSSR count). The number of rotatable bonds is 6. The monoisotopic (exact) mass is 271 g/mol. The van der Waals surface area contributed by atoms with Gasteiger partial charge in [-0.05, 0) is 44.6 Å². The minimum absolute atomic E-state index is 0.411. The van der Waals surface area contributed by atoms with Crippen molar-refractivity contribution in [2.45, 2.75) is 51.0 Å². The van der Waals surface area contributed by atoms with Crippen LogP contribution in [0.4, 0.5) is 4.79 Å². The molecule has 0 unspecified atom stereocenters. The molecule has 0 spiro atoms. The molecule has 1 aliphatic carbocycles. The fourth-order valence-electron chi connectivity index (χ4n) is 2.54. The molecule has 0 radical (unpaired) electrons. The molecule has 0 saturated heterocycles. The number of carboxylic acids is 1. The van der Waals surface area contributed by atoms with E-state index in [-0.39, 0.29) is 0 Å². The van der Waals surface area contributed by atoms with Crippen molar-refractivity contribution >= 4 is 12.0 Å². The Bertz CT molecular complexity index is 312. The second-order valence-corrected chi connectivity index (χ2v) is 5.26. The molecular formula is C13H25N3O3. The van der Waals surface area contributed by atoms with Crippen molar-refractivity contribution in [3.05, 3.63) is 0 Å². The molecule has 0 aromatic heterocycles. The molecule has 1 fully saturated rings. The molecule has 0 atom stereocenters. The Labute approximate surface area is 114 Å². The van der Waals surface area contributed by atoms with Crippen molar-refractivity contribution in [2.75, 3.05) is 13.1 Å². The number of nitrogens with two attached hydrogens (primary N) is 1. The molecule has 0 aliphatic heterocycles. The van der Waals surface area contributed by atoms with Gasteiger partial charge in [0.15, 0.2) is 0 Å². The molecule has 19 heavy (non-hydrogen) atoms. The van der Waals surface area contributed by atoms with E-state index < -0.39 is 17.5 Å². The largest absolute Gasteiger partial charge is 0.480 e. The third kappa shape index (κ3) is 4.38. The average molecular weight is 271 g/mol. The number of carboxylic acid groups (broad SMARTS) is 1. The minimum atomic E-state index is -1.10. The summed E-state index contributed by atoms with van der Waals surface area (Å²) in [5, 5.41) is 14.7. The topological polar surface area (TPSA) is 104 Å². The lowest BCUT2D eigenvalue weighted by Gasteiger charge is -2.37. The zero-order valence-electron chi connectivity index (χ0n) is 11.6. The SMILES string of the molecule is CCC1CCC(NC(=O)NCCCN)(C(=O)O)CC1. The molecule has 0 aromatic carbocycles. The number of hydrogen-bond donors (Lipinski definition) is 4. The smallest absolute Gasteiger partial charge is 0.329 e. The number of urea groups is 1. The first kappa shape index (κ1) is 15.8. The van der Waals surface area contributed by atoms with E-state index in [1.165, 1.54) is 0 Å². The van der Waals surface area contributed by atoms with Crippen molar-refractivity contribution in [2.24, 2.45) is 11.7 Å². The van der Waals surface area contributed by atoms with Gasteiger partial charge in [-0.1, -0.05) is 13.3 Å². The lowest BCUT2D eigenvalue weighted by molar-refractivity contribution is -0.146. The first-order valence-corrected chi connectivity index (χ1v) is 7.03. The number of carbonyl (C=O) groups excluding carboxylic acids is 1. The Balaban J connectivity index is 2.53. The summed E-state index contributed by atoms with van der Waals surface area (Å²) in [6, 6.07) is -0.411. The van der Waals surface area contributed by atoms with Gasteiger partial charge < -0.3 is 21.5 Å². The van der Waals surface area contributed by atoms with E-state index in [1.54, 1.807) is 0 Å². The summed E-state index contributed by atoms with van der Waals surface area (Å²) >= 11 is 0. The summed E-state index contributed by atoms with van der Waals surface area (Å²) in [6.07, 6.45) is 4.47. The standard InChI is InChI=1S/C13H25N3O3/c1-2-10-4-6-13(7-5-10,11(17)18)16-12(19)15-9-3-8-14/h10H,2-9,14H2,1H3,(H,17,18)(H2,15,16,19). The zero-order valence-corrected chi connectivity index (χ0v) is 11.6. The van der Waals surface area contributed by atoms with Crippen LogP contribution in [0.3, 0.4) is 0 Å². The van der Waals surface area contributed by atoms with E-state index in [1.807, 2.05) is 0 Å². The van der Waals surface area contributed by atoms with Crippen LogP contribution in [0.25, 0.3) is 0 Å². The summed E-state index contributed by atoms with van der Waals surface area (Å²) < 4.78 is 0. The van der Waals surface area contributed by atoms with E-state index in [4.69, 9.17) is 5.73 Å². The Kier molecular flexibility index (Phi) is 6.08. The van der Waals surface area contributed by atoms with Crippen LogP contribution in [0.1, 0.15) is 45.4 Å². The Morgan fingerprint density at radius 1 is 1.37 bits per heavy atom. The van der Waals surface area contributed by atoms with E-state index in [2.05, 4.69) is 17.6 Å². The molecule has 0 aromatic rings. The summed E-state index contributed by atoms with van der Waals surface area (Å²) in [5.41, 5.74) is 4.24. The number of nitrogens with one attached hydrogen (secondary N) is 2. The molecule has 6 heteroatoms. The molecule has 1 saturated carbocycles. The second-order valence-electron chi connectivity index (χ2n) is 5.26. The maximum atomic E-state index is 11.7. The lowest BCUT2D eigenvalue weighted by Crippen LogP contribution is -2.58. The van der Waals surface area contributed by atoms with E-state index in [0.717, 1.165) is 19.3 Å². The number of hydrogen-bond acceptors (Lipinski definition) is 3. The van der Waals surface area contributed by atoms with Crippen LogP contribution in [0.5, 0.6) is 0 Å². The van der Waals surface area contributed by atoms with Crippen LogP contribution in [0.2, 0.25) is 0 Å². The van der Waals surface area contributed by atoms with Gasteiger partial charge in [0, 0.05) is 6.54 Å². The first-order chi connectivity index (χ1) is 9.04. The van der Waals surface area contributed by atoms with Crippen LogP contribution in [0.15, 0.2) is 0 Å². The Morgan fingerprint density at radius 3 is 2.47 bits per heavy atom. The molecule has 0 bridgehead atoms. The predicted octanol–water partition coefficient (Wildman–Crippen LogP) is 1.06. The molecule has 1 aliphatic rings. The van der Waals surface area contributed by atoms with Gasteiger partial charge in [0.2, 0.25) is 0 Å². The van der Waals surface area contributed by atoms with Gasteiger partial charge in [0.1, 0.15) is 5.54 Å². The maximum absolute atomic E-state index is 11.7. The summed E-state index contributed by atoms with van der Waals surface area (Å²) in [5.74, 6) is -0.356. The summed E-state index contributed by atoms with van der Waals surface area (Å²) in [4.78, 5) is 23.2. The highest BCUT2D eigenvalue weighted by molar-refractivity contribution is 5.86. The van der Waals surface area contributed by atoms with E-state index in [0.29, 0.717) is 38.3 Å². The third-order valence-corrected chi connectivity index (χ3v) is 3.96. The van der Waals surface area contributed by atoms with Crippen LogP contribution in [-0.4, -0.2) is 35.7 Å². The van der Waals surface area contributed by atoms with Crippen molar-refractivity contribution in [3.63, 3.8) is 0 Å². The van der Waals surface area contributed by atoms with Gasteiger partial charge in [0.25, 0.3) is 0 Å². The number of aliphatic carboxylic acids is 1. The van der Waals surface area contributed by atoms with Crippen molar-refractivity contribution in [1.82, 2.24) is 10.6 Å². The van der Waals surface area contributed by atoms with Crippen LogP contribution in [0, 0.1) is 5.92 Å². The molecule has 5 N–H and O–H groups in total. The van der Waals surface area contributed by atoms with Crippen molar-refractivity contribution < 1.29 is 14.7 Å². The summed E-state index contributed by atoms with van der Waals surface area (Å²) in [6.45, 7) is 3.09. The van der Waals surface area contributed by atoms with Crippen molar-refractivity contribution in [3.8, 4) is 0 Å². The van der Waals surface area contributed by atoms with Crippen molar-refractivity contribution in [1.29, 1.82) is 0 Å². The van der Waals surface area contributed by atoms with Crippen LogP contribution in [-0.2, 0) is 4.79 Å². The Hall–Kier alpha value is -1.30. The van der Waals surface area contributed by atoms with Crippen LogP contribution >= 0.6 is 0 Å². The minimum Gasteiger partial charge on any atom is -0.480 e. The molecular weight excluding hydrogens is 246 g/mol. The predicted molar refractivity (Wildman–Crippen MR) is 72.8 cm³/mol. The third-order valence-electron chi connectivity index (χ3n) is 3.96. The second kappa shape index (κ2) is 7.33. The first-order valence-electron chi connectivity index (χ1n) is 7.03. The molecule has 110 valence electrons. The van der Waals surface area contributed by atoms with Gasteiger partial charge >= 0.3 is 12.0 Å². The molecule has 0 heterocycles. The van der Waals surface area contributed by atoms with Gasteiger partial charge in [-0.15, -0.1) is 0 Å². The zero-order chi connectivity index (χ0) is 14.3. The van der Waals surface area contributed by atoms with Gasteiger partial charge in [-0.25, -0.2) is 9.59 Å². The fraction of sp³-hybridized carbons (Fsp3) is 0.846. The van der Waals surface area contributed by atoms with Crippen LogP contribution < -0.4 is 16.4 Å². The van der Waals surface area contributed by atoms with Gasteiger partial charge in [-0.2, -0.15) is 0 Å². The van der Waals surface area contributed by atoms with E-state index >= 15 is 0 Å². The number of carbonyl (C=O) groups is 2. The normalized spacial score (nSPS) is 26.7.